The smallest absolute Gasteiger partial charge is 0.132 e. The van der Waals surface area contributed by atoms with Gasteiger partial charge >= 0.3 is 0 Å². The lowest BCUT2D eigenvalue weighted by Crippen LogP contribution is -2.06. The molecule has 1 N–H and O–H groups in total. The second kappa shape index (κ2) is 6.24. The van der Waals surface area contributed by atoms with Crippen LogP contribution in [-0.2, 0) is 6.54 Å². The fraction of sp³-hybridized carbons (Fsp3) is 0.143. The Labute approximate surface area is 121 Å². The van der Waals surface area contributed by atoms with Gasteiger partial charge < -0.3 is 10.1 Å². The van der Waals surface area contributed by atoms with Gasteiger partial charge in [0.2, 0.25) is 0 Å². The minimum atomic E-state index is -0.304. The summed E-state index contributed by atoms with van der Waals surface area (Å²) in [5.41, 5.74) is 0.721. The lowest BCUT2D eigenvalue weighted by Gasteiger charge is -2.11. The lowest BCUT2D eigenvalue weighted by molar-refractivity contribution is 0.471. The van der Waals surface area contributed by atoms with Crippen molar-refractivity contribution in [2.45, 2.75) is 6.54 Å². The van der Waals surface area contributed by atoms with Gasteiger partial charge in [-0.15, -0.1) is 0 Å². The largest absolute Gasteiger partial charge is 0.457 e. The molecule has 0 aliphatic heterocycles. The van der Waals surface area contributed by atoms with Gasteiger partial charge in [0.1, 0.15) is 17.3 Å². The first-order valence-corrected chi connectivity index (χ1v) is 6.41. The van der Waals surface area contributed by atoms with Crippen molar-refractivity contribution >= 4 is 23.2 Å². The van der Waals surface area contributed by atoms with Crippen molar-refractivity contribution in [2.75, 3.05) is 7.05 Å². The first kappa shape index (κ1) is 14.1. The minimum Gasteiger partial charge on any atom is -0.457 e. The van der Waals surface area contributed by atoms with Crippen LogP contribution in [0.2, 0.25) is 10.0 Å². The van der Waals surface area contributed by atoms with Gasteiger partial charge in [-0.05, 0) is 43.4 Å². The molecule has 2 rings (SSSR count). The van der Waals surface area contributed by atoms with E-state index in [-0.39, 0.29) is 5.82 Å². The molecule has 0 saturated heterocycles. The molecule has 0 unspecified atom stereocenters. The standard InChI is InChI=1S/C14H12Cl2FNO/c1-18-8-9-4-12(17)2-3-14(9)19-13-6-10(15)5-11(16)7-13/h2-7,18H,8H2,1H3. The van der Waals surface area contributed by atoms with E-state index in [0.29, 0.717) is 28.1 Å². The number of hydrogen-bond acceptors (Lipinski definition) is 2. The monoisotopic (exact) mass is 299 g/mol. The van der Waals surface area contributed by atoms with Crippen LogP contribution in [0.3, 0.4) is 0 Å². The van der Waals surface area contributed by atoms with Crippen molar-refractivity contribution < 1.29 is 9.13 Å². The molecule has 0 aliphatic rings. The van der Waals surface area contributed by atoms with Crippen LogP contribution in [0.25, 0.3) is 0 Å². The zero-order valence-electron chi connectivity index (χ0n) is 10.2. The molecule has 0 amide bonds. The maximum Gasteiger partial charge on any atom is 0.132 e. The predicted octanol–water partition coefficient (Wildman–Crippen LogP) is 4.64. The minimum absolute atomic E-state index is 0.304. The molecule has 100 valence electrons. The van der Waals surface area contributed by atoms with Crippen LogP contribution in [-0.4, -0.2) is 7.05 Å². The van der Waals surface area contributed by atoms with E-state index in [0.717, 1.165) is 5.56 Å². The summed E-state index contributed by atoms with van der Waals surface area (Å²) in [5.74, 6) is 0.775. The van der Waals surface area contributed by atoms with E-state index in [1.165, 1.54) is 12.1 Å². The first-order valence-electron chi connectivity index (χ1n) is 5.65. The third kappa shape index (κ3) is 3.83. The second-order valence-corrected chi connectivity index (χ2v) is 4.86. The SMILES string of the molecule is CNCc1cc(F)ccc1Oc1cc(Cl)cc(Cl)c1. The summed E-state index contributed by atoms with van der Waals surface area (Å²) in [6, 6.07) is 9.28. The maximum atomic E-state index is 13.2. The number of benzene rings is 2. The Morgan fingerprint density at radius 1 is 1.11 bits per heavy atom. The van der Waals surface area contributed by atoms with Crippen LogP contribution in [0.5, 0.6) is 11.5 Å². The highest BCUT2D eigenvalue weighted by molar-refractivity contribution is 6.34. The maximum absolute atomic E-state index is 13.2. The Morgan fingerprint density at radius 3 is 2.42 bits per heavy atom. The predicted molar refractivity (Wildman–Crippen MR) is 75.7 cm³/mol. The molecule has 5 heteroatoms. The lowest BCUT2D eigenvalue weighted by atomic mass is 10.2. The van der Waals surface area contributed by atoms with E-state index in [9.17, 15) is 4.39 Å². The summed E-state index contributed by atoms with van der Waals surface area (Å²) in [6.45, 7) is 0.501. The van der Waals surface area contributed by atoms with E-state index in [1.54, 1.807) is 31.3 Å². The van der Waals surface area contributed by atoms with Crippen LogP contribution in [0.15, 0.2) is 36.4 Å². The molecule has 0 heterocycles. The van der Waals surface area contributed by atoms with Gasteiger partial charge in [-0.1, -0.05) is 23.2 Å². The van der Waals surface area contributed by atoms with Crippen LogP contribution < -0.4 is 10.1 Å². The summed E-state index contributed by atoms with van der Waals surface area (Å²) in [4.78, 5) is 0. The highest BCUT2D eigenvalue weighted by Gasteiger charge is 2.07. The van der Waals surface area contributed by atoms with Crippen molar-refractivity contribution in [2.24, 2.45) is 0 Å². The van der Waals surface area contributed by atoms with Gasteiger partial charge in [0.05, 0.1) is 0 Å². The van der Waals surface area contributed by atoms with E-state index in [2.05, 4.69) is 5.32 Å². The van der Waals surface area contributed by atoms with Gasteiger partial charge in [-0.3, -0.25) is 0 Å². The third-order valence-electron chi connectivity index (χ3n) is 2.45. The van der Waals surface area contributed by atoms with Crippen LogP contribution in [0.4, 0.5) is 4.39 Å². The molecule has 0 atom stereocenters. The van der Waals surface area contributed by atoms with E-state index < -0.39 is 0 Å². The summed E-state index contributed by atoms with van der Waals surface area (Å²) >= 11 is 11.8. The first-order chi connectivity index (χ1) is 9.08. The fourth-order valence-corrected chi connectivity index (χ4v) is 2.20. The molecule has 0 saturated carbocycles. The summed E-state index contributed by atoms with van der Waals surface area (Å²) in [5, 5.41) is 3.93. The third-order valence-corrected chi connectivity index (χ3v) is 2.89. The van der Waals surface area contributed by atoms with E-state index >= 15 is 0 Å². The number of halogens is 3. The van der Waals surface area contributed by atoms with E-state index in [1.807, 2.05) is 0 Å². The van der Waals surface area contributed by atoms with Crippen LogP contribution in [0.1, 0.15) is 5.56 Å². The Morgan fingerprint density at radius 2 is 1.79 bits per heavy atom. The van der Waals surface area contributed by atoms with Crippen LogP contribution in [0, 0.1) is 5.82 Å². The highest BCUT2D eigenvalue weighted by Crippen LogP contribution is 2.30. The van der Waals surface area contributed by atoms with E-state index in [4.69, 9.17) is 27.9 Å². The topological polar surface area (TPSA) is 21.3 Å². The Balaban J connectivity index is 2.31. The molecule has 0 spiro atoms. The Bertz CT molecular complexity index is 569. The molecular weight excluding hydrogens is 288 g/mol. The number of rotatable bonds is 4. The average Bonchev–Trinajstić information content (AvgIpc) is 2.32. The summed E-state index contributed by atoms with van der Waals surface area (Å²) < 4.78 is 18.9. The molecule has 2 aromatic rings. The Kier molecular flexibility index (Phi) is 4.64. The second-order valence-electron chi connectivity index (χ2n) is 3.99. The van der Waals surface area contributed by atoms with Gasteiger partial charge in [0, 0.05) is 22.2 Å². The van der Waals surface area contributed by atoms with Gasteiger partial charge in [0.15, 0.2) is 0 Å². The highest BCUT2D eigenvalue weighted by atomic mass is 35.5. The number of nitrogens with one attached hydrogen (secondary N) is 1. The fourth-order valence-electron chi connectivity index (χ4n) is 1.69. The van der Waals surface area contributed by atoms with Gasteiger partial charge in [-0.25, -0.2) is 4.39 Å². The van der Waals surface area contributed by atoms with Crippen molar-refractivity contribution in [1.29, 1.82) is 0 Å². The van der Waals surface area contributed by atoms with Crippen molar-refractivity contribution in [3.63, 3.8) is 0 Å². The number of hydrogen-bond donors (Lipinski definition) is 1. The number of ether oxygens (including phenoxy) is 1. The molecule has 0 bridgehead atoms. The molecular formula is C14H12Cl2FNO. The molecule has 0 radical (unpaired) electrons. The molecule has 0 aliphatic carbocycles. The molecule has 0 fully saturated rings. The van der Waals surface area contributed by atoms with Crippen LogP contribution >= 0.6 is 23.2 Å². The van der Waals surface area contributed by atoms with Crippen molar-refractivity contribution in [3.8, 4) is 11.5 Å². The average molecular weight is 300 g/mol. The quantitative estimate of drug-likeness (QED) is 0.888. The molecule has 0 aromatic heterocycles. The van der Waals surface area contributed by atoms with Gasteiger partial charge in [0.25, 0.3) is 0 Å². The van der Waals surface area contributed by atoms with Crippen molar-refractivity contribution in [1.82, 2.24) is 5.32 Å². The summed E-state index contributed by atoms with van der Waals surface area (Å²) in [6.07, 6.45) is 0. The normalized spacial score (nSPS) is 10.5. The molecule has 2 nitrogen and oxygen atoms in total. The van der Waals surface area contributed by atoms with Crippen molar-refractivity contribution in [3.05, 3.63) is 57.8 Å². The summed E-state index contributed by atoms with van der Waals surface area (Å²) in [7, 11) is 1.78. The van der Waals surface area contributed by atoms with Gasteiger partial charge in [-0.2, -0.15) is 0 Å². The zero-order chi connectivity index (χ0) is 13.8. The molecule has 2 aromatic carbocycles. The Hall–Kier alpha value is -1.29. The zero-order valence-corrected chi connectivity index (χ0v) is 11.7. The molecule has 19 heavy (non-hydrogen) atoms.